The Labute approximate surface area is 163 Å². The number of hydrogen-bond acceptors (Lipinski definition) is 4. The van der Waals surface area contributed by atoms with E-state index < -0.39 is 5.97 Å². The molecule has 0 radical (unpaired) electrons. The van der Waals surface area contributed by atoms with Crippen molar-refractivity contribution in [2.75, 3.05) is 4.90 Å². The minimum atomic E-state index is -0.419. The lowest BCUT2D eigenvalue weighted by atomic mass is 9.81. The molecule has 0 unspecified atom stereocenters. The fourth-order valence-electron chi connectivity index (χ4n) is 5.30. The van der Waals surface area contributed by atoms with E-state index in [1.54, 1.807) is 24.3 Å². The number of rotatable bonds is 4. The van der Waals surface area contributed by atoms with Gasteiger partial charge in [-0.05, 0) is 48.8 Å². The molecule has 0 spiro atoms. The van der Waals surface area contributed by atoms with Gasteiger partial charge in [-0.25, -0.2) is 4.90 Å². The van der Waals surface area contributed by atoms with Gasteiger partial charge < -0.3 is 4.74 Å². The molecule has 2 aromatic rings. The van der Waals surface area contributed by atoms with Crippen molar-refractivity contribution in [2.24, 2.45) is 23.7 Å². The molecule has 2 saturated carbocycles. The van der Waals surface area contributed by atoms with E-state index in [1.165, 1.54) is 4.90 Å². The molecule has 5 heteroatoms. The van der Waals surface area contributed by atoms with Gasteiger partial charge in [0, 0.05) is 0 Å². The molecule has 1 heterocycles. The average molecular weight is 375 g/mol. The zero-order valence-corrected chi connectivity index (χ0v) is 15.4. The molecule has 2 amide bonds. The summed E-state index contributed by atoms with van der Waals surface area (Å²) in [6, 6.07) is 16.2. The zero-order chi connectivity index (χ0) is 19.3. The SMILES string of the molecule is O=C(Cc1ccccc1)Oc1ccccc1N1C(=O)[C@@H]2[C@H]3CC[C@@H](C3)[C@H]2C1=O. The van der Waals surface area contributed by atoms with E-state index in [-0.39, 0.29) is 35.8 Å². The number of para-hydroxylation sites is 2. The van der Waals surface area contributed by atoms with Crippen molar-refractivity contribution in [1.29, 1.82) is 0 Å². The Balaban J connectivity index is 1.40. The van der Waals surface area contributed by atoms with Gasteiger partial charge in [-0.2, -0.15) is 0 Å². The number of benzene rings is 2. The zero-order valence-electron chi connectivity index (χ0n) is 15.4. The minimum absolute atomic E-state index is 0.131. The van der Waals surface area contributed by atoms with E-state index in [9.17, 15) is 14.4 Å². The van der Waals surface area contributed by atoms with Crippen LogP contribution in [0.25, 0.3) is 0 Å². The monoisotopic (exact) mass is 375 g/mol. The van der Waals surface area contributed by atoms with Crippen LogP contribution < -0.4 is 9.64 Å². The number of imide groups is 1. The van der Waals surface area contributed by atoms with Crippen molar-refractivity contribution < 1.29 is 19.1 Å². The number of ether oxygens (including phenoxy) is 1. The highest BCUT2D eigenvalue weighted by Crippen LogP contribution is 2.57. The first-order chi connectivity index (χ1) is 13.6. The largest absolute Gasteiger partial charge is 0.424 e. The Morgan fingerprint density at radius 3 is 2.18 bits per heavy atom. The lowest BCUT2D eigenvalue weighted by molar-refractivity contribution is -0.134. The average Bonchev–Trinajstić information content (AvgIpc) is 3.37. The van der Waals surface area contributed by atoms with Gasteiger partial charge in [0.1, 0.15) is 0 Å². The first kappa shape index (κ1) is 17.2. The number of amides is 2. The molecule has 2 aliphatic carbocycles. The van der Waals surface area contributed by atoms with Crippen molar-refractivity contribution in [3.05, 3.63) is 60.2 Å². The molecule has 4 atom stereocenters. The number of anilines is 1. The first-order valence-electron chi connectivity index (χ1n) is 9.85. The molecule has 142 valence electrons. The third kappa shape index (κ3) is 2.65. The second kappa shape index (κ2) is 6.59. The summed E-state index contributed by atoms with van der Waals surface area (Å²) in [5.74, 6) is -0.162. The standard InChI is InChI=1S/C23H21NO4/c25-19(12-14-6-2-1-3-7-14)28-18-9-5-4-8-17(18)24-22(26)20-15-10-11-16(13-15)21(20)23(24)27/h1-9,15-16,20-21H,10-13H2/t15-,16-,20+,21+/m0/s1. The molecule has 0 N–H and O–H groups in total. The third-order valence-electron chi connectivity index (χ3n) is 6.45. The predicted octanol–water partition coefficient (Wildman–Crippen LogP) is 3.37. The maximum Gasteiger partial charge on any atom is 0.315 e. The van der Waals surface area contributed by atoms with Crippen LogP contribution in [-0.2, 0) is 20.8 Å². The smallest absolute Gasteiger partial charge is 0.315 e. The second-order valence-corrected chi connectivity index (χ2v) is 8.00. The molecule has 3 fully saturated rings. The van der Waals surface area contributed by atoms with Gasteiger partial charge in [-0.15, -0.1) is 0 Å². The Bertz CT molecular complexity index is 926. The van der Waals surface area contributed by atoms with Crippen molar-refractivity contribution >= 4 is 23.5 Å². The molecular formula is C23H21NO4. The molecule has 1 aliphatic heterocycles. The maximum absolute atomic E-state index is 13.1. The molecule has 1 saturated heterocycles. The van der Waals surface area contributed by atoms with Crippen LogP contribution in [0.2, 0.25) is 0 Å². The number of nitrogens with zero attached hydrogens (tertiary/aromatic N) is 1. The summed E-state index contributed by atoms with van der Waals surface area (Å²) in [7, 11) is 0. The number of hydrogen-bond donors (Lipinski definition) is 0. The molecular weight excluding hydrogens is 354 g/mol. The quantitative estimate of drug-likeness (QED) is 0.467. The predicted molar refractivity (Wildman–Crippen MR) is 103 cm³/mol. The van der Waals surface area contributed by atoms with Crippen LogP contribution in [0, 0.1) is 23.7 Å². The summed E-state index contributed by atoms with van der Waals surface area (Å²) >= 11 is 0. The summed E-state index contributed by atoms with van der Waals surface area (Å²) in [4.78, 5) is 39.8. The van der Waals surface area contributed by atoms with E-state index in [0.29, 0.717) is 17.5 Å². The summed E-state index contributed by atoms with van der Waals surface area (Å²) < 4.78 is 5.56. The van der Waals surface area contributed by atoms with Crippen LogP contribution in [0.15, 0.2) is 54.6 Å². The van der Waals surface area contributed by atoms with E-state index >= 15 is 0 Å². The third-order valence-corrected chi connectivity index (χ3v) is 6.45. The van der Waals surface area contributed by atoms with E-state index in [1.807, 2.05) is 30.3 Å². The van der Waals surface area contributed by atoms with Crippen molar-refractivity contribution in [3.8, 4) is 5.75 Å². The Morgan fingerprint density at radius 2 is 1.50 bits per heavy atom. The molecule has 3 aliphatic rings. The molecule has 0 aromatic heterocycles. The first-order valence-corrected chi connectivity index (χ1v) is 9.85. The van der Waals surface area contributed by atoms with Gasteiger partial charge in [-0.1, -0.05) is 42.5 Å². The van der Waals surface area contributed by atoms with Crippen LogP contribution >= 0.6 is 0 Å². The van der Waals surface area contributed by atoms with Gasteiger partial charge >= 0.3 is 5.97 Å². The van der Waals surface area contributed by atoms with Crippen LogP contribution in [-0.4, -0.2) is 17.8 Å². The van der Waals surface area contributed by atoms with Gasteiger partial charge in [-0.3, -0.25) is 14.4 Å². The molecule has 28 heavy (non-hydrogen) atoms. The Hall–Kier alpha value is -2.95. The normalized spacial score (nSPS) is 27.9. The summed E-state index contributed by atoms with van der Waals surface area (Å²) in [5.41, 5.74) is 1.23. The highest BCUT2D eigenvalue weighted by Gasteiger charge is 2.61. The number of carbonyl (C=O) groups excluding carboxylic acids is 3. The highest BCUT2D eigenvalue weighted by molar-refractivity contribution is 6.23. The Kier molecular flexibility index (Phi) is 4.04. The lowest BCUT2D eigenvalue weighted by Crippen LogP contribution is -2.33. The highest BCUT2D eigenvalue weighted by atomic mass is 16.5. The topological polar surface area (TPSA) is 63.7 Å². The van der Waals surface area contributed by atoms with Crippen molar-refractivity contribution in [2.45, 2.75) is 25.7 Å². The summed E-state index contributed by atoms with van der Waals surface area (Å²) in [6.45, 7) is 0. The van der Waals surface area contributed by atoms with Gasteiger partial charge in [0.25, 0.3) is 0 Å². The van der Waals surface area contributed by atoms with Crippen LogP contribution in [0.1, 0.15) is 24.8 Å². The van der Waals surface area contributed by atoms with Gasteiger partial charge in [0.15, 0.2) is 5.75 Å². The molecule has 2 bridgehead atoms. The summed E-state index contributed by atoms with van der Waals surface area (Å²) in [5, 5.41) is 0. The molecule has 5 rings (SSSR count). The van der Waals surface area contributed by atoms with Crippen molar-refractivity contribution in [3.63, 3.8) is 0 Å². The van der Waals surface area contributed by atoms with Gasteiger partial charge in [0.2, 0.25) is 11.8 Å². The van der Waals surface area contributed by atoms with E-state index in [4.69, 9.17) is 4.74 Å². The molecule has 2 aromatic carbocycles. The van der Waals surface area contributed by atoms with Crippen molar-refractivity contribution in [1.82, 2.24) is 0 Å². The fraction of sp³-hybridized carbons (Fsp3) is 0.348. The fourth-order valence-corrected chi connectivity index (χ4v) is 5.30. The lowest BCUT2D eigenvalue weighted by Gasteiger charge is -2.20. The number of esters is 1. The van der Waals surface area contributed by atoms with E-state index in [0.717, 1.165) is 24.8 Å². The molecule has 5 nitrogen and oxygen atoms in total. The van der Waals surface area contributed by atoms with E-state index in [2.05, 4.69) is 0 Å². The second-order valence-electron chi connectivity index (χ2n) is 8.00. The number of carbonyl (C=O) groups is 3. The number of fused-ring (bicyclic) bond motifs is 5. The van der Waals surface area contributed by atoms with Crippen LogP contribution in [0.4, 0.5) is 5.69 Å². The minimum Gasteiger partial charge on any atom is -0.424 e. The van der Waals surface area contributed by atoms with Crippen LogP contribution in [0.5, 0.6) is 5.75 Å². The van der Waals surface area contributed by atoms with Crippen LogP contribution in [0.3, 0.4) is 0 Å². The van der Waals surface area contributed by atoms with Gasteiger partial charge in [0.05, 0.1) is 23.9 Å². The Morgan fingerprint density at radius 1 is 0.893 bits per heavy atom. The maximum atomic E-state index is 13.1. The summed E-state index contributed by atoms with van der Waals surface area (Å²) in [6.07, 6.45) is 3.19.